The van der Waals surface area contributed by atoms with E-state index in [4.69, 9.17) is 5.73 Å². The highest BCUT2D eigenvalue weighted by molar-refractivity contribution is 7.90. The third-order valence-corrected chi connectivity index (χ3v) is 3.12. The van der Waals surface area contributed by atoms with Crippen molar-refractivity contribution in [1.29, 1.82) is 0 Å². The molecule has 2 N–H and O–H groups in total. The van der Waals surface area contributed by atoms with Crippen LogP contribution in [0.3, 0.4) is 0 Å². The molecule has 0 amide bonds. The molecule has 0 radical (unpaired) electrons. The summed E-state index contributed by atoms with van der Waals surface area (Å²) in [6, 6.07) is 0.315. The van der Waals surface area contributed by atoms with Gasteiger partial charge in [0.1, 0.15) is 0 Å². The molecule has 1 saturated carbocycles. The van der Waals surface area contributed by atoms with Gasteiger partial charge in [0.2, 0.25) is 0 Å². The number of hydrogen-bond donors (Lipinski definition) is 1. The Labute approximate surface area is 79.9 Å². The highest BCUT2D eigenvalue weighted by Crippen LogP contribution is 2.21. The Morgan fingerprint density at radius 3 is 2.46 bits per heavy atom. The first-order valence-corrected chi connectivity index (χ1v) is 6.64. The zero-order chi connectivity index (χ0) is 9.90. The number of sulfone groups is 1. The van der Waals surface area contributed by atoms with E-state index in [1.807, 2.05) is 6.08 Å². The van der Waals surface area contributed by atoms with Crippen LogP contribution in [-0.4, -0.2) is 26.5 Å². The lowest BCUT2D eigenvalue weighted by atomic mass is 9.91. The van der Waals surface area contributed by atoms with Gasteiger partial charge in [-0.1, -0.05) is 11.6 Å². The fraction of sp³-hybridized carbons (Fsp3) is 0.778. The third kappa shape index (κ3) is 4.43. The Balaban J connectivity index is 2.45. The molecule has 13 heavy (non-hydrogen) atoms. The predicted molar refractivity (Wildman–Crippen MR) is 54.2 cm³/mol. The lowest BCUT2D eigenvalue weighted by Gasteiger charge is -2.19. The van der Waals surface area contributed by atoms with Crippen molar-refractivity contribution in [3.8, 4) is 0 Å². The van der Waals surface area contributed by atoms with Gasteiger partial charge < -0.3 is 5.73 Å². The molecular weight excluding hydrogens is 186 g/mol. The summed E-state index contributed by atoms with van der Waals surface area (Å²) in [6.45, 7) is 0. The molecule has 76 valence electrons. The number of allylic oxidation sites excluding steroid dienone is 1. The minimum Gasteiger partial charge on any atom is -0.328 e. The average molecular weight is 203 g/mol. The van der Waals surface area contributed by atoms with Gasteiger partial charge in [-0.05, 0) is 25.7 Å². The van der Waals surface area contributed by atoms with Crippen LogP contribution in [0.1, 0.15) is 25.7 Å². The molecular formula is C9H17NO2S. The summed E-state index contributed by atoms with van der Waals surface area (Å²) < 4.78 is 21.7. The fourth-order valence-corrected chi connectivity index (χ4v) is 2.02. The summed E-state index contributed by atoms with van der Waals surface area (Å²) in [7, 11) is -2.84. The minimum atomic E-state index is -2.84. The molecule has 0 spiro atoms. The summed E-state index contributed by atoms with van der Waals surface area (Å²) in [5, 5.41) is 0. The van der Waals surface area contributed by atoms with E-state index in [0.717, 1.165) is 25.7 Å². The van der Waals surface area contributed by atoms with Gasteiger partial charge in [-0.2, -0.15) is 0 Å². The van der Waals surface area contributed by atoms with E-state index >= 15 is 0 Å². The second kappa shape index (κ2) is 4.24. The molecule has 3 nitrogen and oxygen atoms in total. The molecule has 0 atom stereocenters. The normalized spacial score (nSPS) is 24.5. The van der Waals surface area contributed by atoms with Crippen molar-refractivity contribution < 1.29 is 8.42 Å². The number of rotatable bonds is 2. The van der Waals surface area contributed by atoms with Gasteiger partial charge in [-0.3, -0.25) is 0 Å². The summed E-state index contributed by atoms with van der Waals surface area (Å²) >= 11 is 0. The maximum absolute atomic E-state index is 10.9. The summed E-state index contributed by atoms with van der Waals surface area (Å²) in [6.07, 6.45) is 7.04. The molecule has 0 aromatic carbocycles. The molecule has 0 bridgehead atoms. The Bertz CT molecular complexity index is 283. The van der Waals surface area contributed by atoms with Crippen LogP contribution in [0.4, 0.5) is 0 Å². The zero-order valence-corrected chi connectivity index (χ0v) is 8.81. The van der Waals surface area contributed by atoms with Crippen LogP contribution in [0.2, 0.25) is 0 Å². The minimum absolute atomic E-state index is 0.178. The molecule has 0 unspecified atom stereocenters. The lowest BCUT2D eigenvalue weighted by molar-refractivity contribution is 0.511. The van der Waals surface area contributed by atoms with Crippen LogP contribution in [0.25, 0.3) is 0 Å². The summed E-state index contributed by atoms with van der Waals surface area (Å²) in [5.74, 6) is 0.178. The number of nitrogens with two attached hydrogens (primary N) is 1. The molecule has 1 aliphatic rings. The van der Waals surface area contributed by atoms with E-state index in [1.54, 1.807) is 0 Å². The highest BCUT2D eigenvalue weighted by atomic mass is 32.2. The molecule has 0 aromatic rings. The number of hydrogen-bond acceptors (Lipinski definition) is 3. The van der Waals surface area contributed by atoms with Crippen LogP contribution in [0.5, 0.6) is 0 Å². The quantitative estimate of drug-likeness (QED) is 0.677. The first kappa shape index (κ1) is 10.7. The topological polar surface area (TPSA) is 60.2 Å². The molecule has 4 heteroatoms. The predicted octanol–water partition coefficient (Wildman–Crippen LogP) is 0.859. The van der Waals surface area contributed by atoms with Crippen LogP contribution >= 0.6 is 0 Å². The van der Waals surface area contributed by atoms with Crippen molar-refractivity contribution in [3.05, 3.63) is 11.6 Å². The molecule has 1 rings (SSSR count). The monoisotopic (exact) mass is 203 g/mol. The second-order valence-electron chi connectivity index (χ2n) is 3.79. The standard InChI is InChI=1S/C9H17NO2S/c1-13(11,12)7-6-8-2-4-9(10)5-3-8/h6,9H,2-5,7,10H2,1H3. The van der Waals surface area contributed by atoms with E-state index in [0.29, 0.717) is 6.04 Å². The largest absolute Gasteiger partial charge is 0.328 e. The van der Waals surface area contributed by atoms with Crippen LogP contribution in [0.15, 0.2) is 11.6 Å². The molecule has 1 aliphatic carbocycles. The summed E-state index contributed by atoms with van der Waals surface area (Å²) in [5.41, 5.74) is 6.99. The SMILES string of the molecule is CS(=O)(=O)CC=C1CCC(N)CC1. The fourth-order valence-electron chi connectivity index (χ4n) is 1.48. The van der Waals surface area contributed by atoms with Gasteiger partial charge in [-0.15, -0.1) is 0 Å². The van der Waals surface area contributed by atoms with Crippen LogP contribution in [0, 0.1) is 0 Å². The second-order valence-corrected chi connectivity index (χ2v) is 5.98. The molecule has 1 fully saturated rings. The average Bonchev–Trinajstić information content (AvgIpc) is 2.02. The van der Waals surface area contributed by atoms with Crippen LogP contribution < -0.4 is 5.73 Å². The van der Waals surface area contributed by atoms with Crippen molar-refractivity contribution in [2.75, 3.05) is 12.0 Å². The first-order valence-electron chi connectivity index (χ1n) is 4.58. The van der Waals surface area contributed by atoms with E-state index in [-0.39, 0.29) is 5.75 Å². The third-order valence-electron chi connectivity index (χ3n) is 2.35. The Morgan fingerprint density at radius 1 is 1.46 bits per heavy atom. The van der Waals surface area contributed by atoms with Gasteiger partial charge >= 0.3 is 0 Å². The zero-order valence-electron chi connectivity index (χ0n) is 7.99. The van der Waals surface area contributed by atoms with Gasteiger partial charge in [-0.25, -0.2) is 8.42 Å². The van der Waals surface area contributed by atoms with Gasteiger partial charge in [0.15, 0.2) is 9.84 Å². The Morgan fingerprint density at radius 2 is 2.00 bits per heavy atom. The smallest absolute Gasteiger partial charge is 0.151 e. The maximum atomic E-state index is 10.9. The van der Waals surface area contributed by atoms with Gasteiger partial charge in [0.05, 0.1) is 5.75 Å². The highest BCUT2D eigenvalue weighted by Gasteiger charge is 2.12. The van der Waals surface area contributed by atoms with Crippen LogP contribution in [-0.2, 0) is 9.84 Å². The molecule has 0 saturated heterocycles. The molecule has 0 aliphatic heterocycles. The van der Waals surface area contributed by atoms with Crippen molar-refractivity contribution in [2.24, 2.45) is 5.73 Å². The van der Waals surface area contributed by atoms with Gasteiger partial charge in [0.25, 0.3) is 0 Å². The first-order chi connectivity index (χ1) is 5.97. The molecule has 0 aromatic heterocycles. The van der Waals surface area contributed by atoms with Crippen molar-refractivity contribution in [1.82, 2.24) is 0 Å². The van der Waals surface area contributed by atoms with E-state index < -0.39 is 9.84 Å². The Hall–Kier alpha value is -0.350. The van der Waals surface area contributed by atoms with E-state index in [9.17, 15) is 8.42 Å². The maximum Gasteiger partial charge on any atom is 0.151 e. The van der Waals surface area contributed by atoms with E-state index in [1.165, 1.54) is 11.8 Å². The molecule has 0 heterocycles. The van der Waals surface area contributed by atoms with Gasteiger partial charge in [0, 0.05) is 12.3 Å². The Kier molecular flexibility index (Phi) is 3.50. The van der Waals surface area contributed by atoms with Crippen molar-refractivity contribution in [2.45, 2.75) is 31.7 Å². The van der Waals surface area contributed by atoms with Crippen molar-refractivity contribution in [3.63, 3.8) is 0 Å². The summed E-state index contributed by atoms with van der Waals surface area (Å²) in [4.78, 5) is 0. The lowest BCUT2D eigenvalue weighted by Crippen LogP contribution is -2.23. The van der Waals surface area contributed by atoms with Crippen molar-refractivity contribution >= 4 is 9.84 Å². The van der Waals surface area contributed by atoms with E-state index in [2.05, 4.69) is 0 Å².